The van der Waals surface area contributed by atoms with E-state index in [0.717, 1.165) is 19.4 Å². The molecule has 0 aromatic carbocycles. The molecule has 4 nitrogen and oxygen atoms in total. The average molecular weight is 179 g/mol. The largest absolute Gasteiger partial charge is 0.329 e. The highest BCUT2D eigenvalue weighted by Crippen LogP contribution is 2.26. The Hall–Kier alpha value is -1.32. The Labute approximate surface area is 77.2 Å². The molecule has 0 saturated heterocycles. The van der Waals surface area contributed by atoms with Crippen LogP contribution in [0.3, 0.4) is 0 Å². The number of carbonyl (C=O) groups excluding carboxylic acids is 1. The average Bonchev–Trinajstić information content (AvgIpc) is 2.83. The first kappa shape index (κ1) is 8.29. The lowest BCUT2D eigenvalue weighted by Gasteiger charge is -2.19. The molecule has 0 radical (unpaired) electrons. The van der Waals surface area contributed by atoms with E-state index in [4.69, 9.17) is 0 Å². The van der Waals surface area contributed by atoms with Gasteiger partial charge in [0.05, 0.1) is 0 Å². The quantitative estimate of drug-likeness (QED) is 0.687. The molecule has 0 aliphatic heterocycles. The highest BCUT2D eigenvalue weighted by Gasteiger charge is 2.31. The van der Waals surface area contributed by atoms with Gasteiger partial charge in [-0.1, -0.05) is 0 Å². The molecule has 2 rings (SSSR count). The summed E-state index contributed by atoms with van der Waals surface area (Å²) < 4.78 is 1.53. The Kier molecular flexibility index (Phi) is 2.04. The highest BCUT2D eigenvalue weighted by atomic mass is 16.2. The molecule has 0 spiro atoms. The molecule has 70 valence electrons. The van der Waals surface area contributed by atoms with E-state index in [1.165, 1.54) is 4.57 Å². The lowest BCUT2D eigenvalue weighted by atomic mass is 10.5. The van der Waals surface area contributed by atoms with E-state index in [-0.39, 0.29) is 6.03 Å². The van der Waals surface area contributed by atoms with E-state index >= 15 is 0 Å². The van der Waals surface area contributed by atoms with Crippen molar-refractivity contribution >= 4 is 6.03 Å². The number of hydrogen-bond acceptors (Lipinski definition) is 2. The molecule has 1 heterocycles. The Morgan fingerprint density at radius 1 is 1.69 bits per heavy atom. The van der Waals surface area contributed by atoms with Gasteiger partial charge in [-0.15, -0.1) is 0 Å². The first-order chi connectivity index (χ1) is 6.33. The minimum absolute atomic E-state index is 0.0440. The number of hydrogen-bond donors (Lipinski definition) is 0. The standard InChI is InChI=1S/C9H13N3O/c1-2-12(8-3-4-8)9(13)11-6-5-10-7-11/h5-8H,2-4H2,1H3. The van der Waals surface area contributed by atoms with Crippen LogP contribution in [0.4, 0.5) is 4.79 Å². The van der Waals surface area contributed by atoms with Gasteiger partial charge in [-0.25, -0.2) is 9.78 Å². The van der Waals surface area contributed by atoms with E-state index in [2.05, 4.69) is 4.98 Å². The van der Waals surface area contributed by atoms with Crippen LogP contribution in [0, 0.1) is 0 Å². The summed E-state index contributed by atoms with van der Waals surface area (Å²) in [5.41, 5.74) is 0. The summed E-state index contributed by atoms with van der Waals surface area (Å²) in [5, 5.41) is 0. The zero-order valence-corrected chi connectivity index (χ0v) is 7.68. The van der Waals surface area contributed by atoms with Crippen LogP contribution in [0.1, 0.15) is 19.8 Å². The third kappa shape index (κ3) is 1.56. The second-order valence-corrected chi connectivity index (χ2v) is 3.27. The van der Waals surface area contributed by atoms with Crippen LogP contribution in [0.25, 0.3) is 0 Å². The Morgan fingerprint density at radius 2 is 2.46 bits per heavy atom. The molecular formula is C9H13N3O. The van der Waals surface area contributed by atoms with Crippen molar-refractivity contribution in [1.29, 1.82) is 0 Å². The summed E-state index contributed by atoms with van der Waals surface area (Å²) in [6.45, 7) is 2.79. The van der Waals surface area contributed by atoms with Crippen molar-refractivity contribution in [2.24, 2.45) is 0 Å². The van der Waals surface area contributed by atoms with Crippen molar-refractivity contribution in [2.45, 2.75) is 25.8 Å². The molecule has 1 aromatic heterocycles. The van der Waals surface area contributed by atoms with Gasteiger partial charge in [-0.05, 0) is 19.8 Å². The molecule has 1 aliphatic carbocycles. The highest BCUT2D eigenvalue weighted by molar-refractivity contribution is 5.77. The van der Waals surface area contributed by atoms with Gasteiger partial charge in [0, 0.05) is 25.0 Å². The maximum absolute atomic E-state index is 11.8. The molecule has 1 aromatic rings. The first-order valence-electron chi connectivity index (χ1n) is 4.62. The number of aromatic nitrogens is 2. The minimum Gasteiger partial charge on any atom is -0.321 e. The predicted molar refractivity (Wildman–Crippen MR) is 48.4 cm³/mol. The van der Waals surface area contributed by atoms with Gasteiger partial charge >= 0.3 is 6.03 Å². The molecule has 0 unspecified atom stereocenters. The maximum Gasteiger partial charge on any atom is 0.329 e. The lowest BCUT2D eigenvalue weighted by molar-refractivity contribution is 0.199. The fraction of sp³-hybridized carbons (Fsp3) is 0.556. The van der Waals surface area contributed by atoms with Crippen LogP contribution < -0.4 is 0 Å². The molecule has 0 N–H and O–H groups in total. The Bertz CT molecular complexity index is 290. The zero-order valence-electron chi connectivity index (χ0n) is 7.68. The van der Waals surface area contributed by atoms with Crippen LogP contribution in [-0.2, 0) is 0 Å². The second-order valence-electron chi connectivity index (χ2n) is 3.27. The van der Waals surface area contributed by atoms with Crippen LogP contribution >= 0.6 is 0 Å². The van der Waals surface area contributed by atoms with Crippen molar-refractivity contribution in [3.05, 3.63) is 18.7 Å². The third-order valence-corrected chi connectivity index (χ3v) is 2.30. The maximum atomic E-state index is 11.8. The van der Waals surface area contributed by atoms with Crippen molar-refractivity contribution in [1.82, 2.24) is 14.5 Å². The number of rotatable bonds is 2. The summed E-state index contributed by atoms with van der Waals surface area (Å²) >= 11 is 0. The Balaban J connectivity index is 2.10. The normalized spacial score (nSPS) is 15.8. The van der Waals surface area contributed by atoms with Gasteiger partial charge in [0.2, 0.25) is 0 Å². The van der Waals surface area contributed by atoms with Crippen LogP contribution in [0.5, 0.6) is 0 Å². The smallest absolute Gasteiger partial charge is 0.321 e. The van der Waals surface area contributed by atoms with Crippen molar-refractivity contribution in [2.75, 3.05) is 6.54 Å². The van der Waals surface area contributed by atoms with Crippen LogP contribution in [0.15, 0.2) is 18.7 Å². The van der Waals surface area contributed by atoms with Gasteiger partial charge < -0.3 is 4.90 Å². The van der Waals surface area contributed by atoms with E-state index < -0.39 is 0 Å². The Morgan fingerprint density at radius 3 is 2.92 bits per heavy atom. The van der Waals surface area contributed by atoms with Crippen LogP contribution in [0.2, 0.25) is 0 Å². The van der Waals surface area contributed by atoms with Crippen molar-refractivity contribution < 1.29 is 4.79 Å². The van der Waals surface area contributed by atoms with Crippen molar-refractivity contribution in [3.8, 4) is 0 Å². The fourth-order valence-corrected chi connectivity index (χ4v) is 1.46. The SMILES string of the molecule is CCN(C(=O)n1ccnc1)C1CC1. The summed E-state index contributed by atoms with van der Waals surface area (Å²) in [4.78, 5) is 17.5. The molecule has 1 saturated carbocycles. The van der Waals surface area contributed by atoms with E-state index in [0.29, 0.717) is 6.04 Å². The topological polar surface area (TPSA) is 38.1 Å². The molecular weight excluding hydrogens is 166 g/mol. The van der Waals surface area contributed by atoms with Gasteiger partial charge in [-0.3, -0.25) is 4.57 Å². The van der Waals surface area contributed by atoms with E-state index in [1.54, 1.807) is 18.7 Å². The summed E-state index contributed by atoms with van der Waals surface area (Å²) in [5.74, 6) is 0. The molecule has 4 heteroatoms. The van der Waals surface area contributed by atoms with Crippen LogP contribution in [-0.4, -0.2) is 33.1 Å². The fourth-order valence-electron chi connectivity index (χ4n) is 1.46. The first-order valence-corrected chi connectivity index (χ1v) is 4.62. The molecule has 0 bridgehead atoms. The number of imidazole rings is 1. The molecule has 1 amide bonds. The summed E-state index contributed by atoms with van der Waals surface area (Å²) in [6.07, 6.45) is 7.15. The summed E-state index contributed by atoms with van der Waals surface area (Å²) in [6, 6.07) is 0.516. The molecule has 1 aliphatic rings. The third-order valence-electron chi connectivity index (χ3n) is 2.30. The summed E-state index contributed by atoms with van der Waals surface area (Å²) in [7, 11) is 0. The minimum atomic E-state index is 0.0440. The van der Waals surface area contributed by atoms with Gasteiger partial charge in [0.15, 0.2) is 0 Å². The van der Waals surface area contributed by atoms with Gasteiger partial charge in [0.1, 0.15) is 6.33 Å². The van der Waals surface area contributed by atoms with E-state index in [9.17, 15) is 4.79 Å². The van der Waals surface area contributed by atoms with Gasteiger partial charge in [-0.2, -0.15) is 0 Å². The second kappa shape index (κ2) is 3.20. The number of amides is 1. The number of carbonyl (C=O) groups is 1. The monoisotopic (exact) mass is 179 g/mol. The molecule has 13 heavy (non-hydrogen) atoms. The number of nitrogens with zero attached hydrogens (tertiary/aromatic N) is 3. The molecule has 1 fully saturated rings. The zero-order chi connectivity index (χ0) is 9.26. The van der Waals surface area contributed by atoms with Crippen molar-refractivity contribution in [3.63, 3.8) is 0 Å². The van der Waals surface area contributed by atoms with Gasteiger partial charge in [0.25, 0.3) is 0 Å². The predicted octanol–water partition coefficient (Wildman–Crippen LogP) is 1.34. The lowest BCUT2D eigenvalue weighted by Crippen LogP contribution is -2.35. The molecule has 0 atom stereocenters. The van der Waals surface area contributed by atoms with E-state index in [1.807, 2.05) is 11.8 Å².